The Bertz CT molecular complexity index is 1110. The van der Waals surface area contributed by atoms with Crippen LogP contribution in [0.3, 0.4) is 0 Å². The summed E-state index contributed by atoms with van der Waals surface area (Å²) in [5.41, 5.74) is 2.39. The van der Waals surface area contributed by atoms with Crippen LogP contribution in [0.4, 0.5) is 0 Å². The molecule has 3 N–H and O–H groups in total. The monoisotopic (exact) mass is 478 g/mol. The first-order valence-electron chi connectivity index (χ1n) is 11.5. The molecule has 35 heavy (non-hydrogen) atoms. The third-order valence-corrected chi connectivity index (χ3v) is 5.69. The van der Waals surface area contributed by atoms with Gasteiger partial charge in [-0.25, -0.2) is 9.59 Å². The molecule has 8 heteroatoms. The molecule has 1 fully saturated rings. The van der Waals surface area contributed by atoms with Crippen molar-refractivity contribution in [3.05, 3.63) is 84.6 Å². The zero-order chi connectivity index (χ0) is 25.0. The SMILES string of the molecule is O=C(O)/C=C\C(=O)O.OC(COc1ccccc1)CN1CCC(c2cnc3ccccc3c2)CC1. The number of nitrogens with zero attached hydrogens (tertiary/aromatic N) is 2. The number of likely N-dealkylation sites (tertiary alicyclic amines) is 1. The Labute approximate surface area is 204 Å². The fraction of sp³-hybridized carbons (Fsp3) is 0.296. The number of carboxylic acid groups (broad SMARTS) is 2. The number of para-hydroxylation sites is 2. The van der Waals surface area contributed by atoms with Crippen molar-refractivity contribution in [1.29, 1.82) is 0 Å². The van der Waals surface area contributed by atoms with Crippen molar-refractivity contribution in [3.8, 4) is 5.75 Å². The topological polar surface area (TPSA) is 120 Å². The number of β-amino-alcohol motifs (C(OH)–C–C–N with tert-alkyl or cyclic N) is 1. The fourth-order valence-electron chi connectivity index (χ4n) is 3.96. The van der Waals surface area contributed by atoms with Crippen molar-refractivity contribution in [1.82, 2.24) is 9.88 Å². The highest BCUT2D eigenvalue weighted by Gasteiger charge is 2.22. The Kier molecular flexibility index (Phi) is 9.77. The van der Waals surface area contributed by atoms with Crippen molar-refractivity contribution >= 4 is 22.8 Å². The highest BCUT2D eigenvalue weighted by atomic mass is 16.5. The smallest absolute Gasteiger partial charge is 0.328 e. The van der Waals surface area contributed by atoms with Gasteiger partial charge in [-0.1, -0.05) is 36.4 Å². The minimum absolute atomic E-state index is 0.332. The summed E-state index contributed by atoms with van der Waals surface area (Å²) in [6, 6.07) is 20.2. The number of aromatic nitrogens is 1. The van der Waals surface area contributed by atoms with Crippen LogP contribution in [0, 0.1) is 0 Å². The number of hydrogen-bond acceptors (Lipinski definition) is 6. The van der Waals surface area contributed by atoms with Crippen molar-refractivity contribution in [3.63, 3.8) is 0 Å². The zero-order valence-electron chi connectivity index (χ0n) is 19.4. The van der Waals surface area contributed by atoms with E-state index in [1.165, 1.54) is 10.9 Å². The Hall–Kier alpha value is -3.75. The first-order chi connectivity index (χ1) is 16.9. The number of aliphatic carboxylic acids is 2. The van der Waals surface area contributed by atoms with Crippen molar-refractivity contribution in [2.45, 2.75) is 24.9 Å². The van der Waals surface area contributed by atoms with E-state index in [1.54, 1.807) is 0 Å². The highest BCUT2D eigenvalue weighted by Crippen LogP contribution is 2.29. The van der Waals surface area contributed by atoms with Gasteiger partial charge < -0.3 is 25.0 Å². The molecular weight excluding hydrogens is 448 g/mol. The third kappa shape index (κ3) is 8.84. The largest absolute Gasteiger partial charge is 0.491 e. The number of piperidine rings is 1. The zero-order valence-corrected chi connectivity index (χ0v) is 19.4. The summed E-state index contributed by atoms with van der Waals surface area (Å²) >= 11 is 0. The predicted molar refractivity (Wildman–Crippen MR) is 133 cm³/mol. The molecule has 0 bridgehead atoms. The number of carboxylic acids is 2. The molecule has 8 nitrogen and oxygen atoms in total. The van der Waals surface area contributed by atoms with E-state index in [9.17, 15) is 14.7 Å². The molecule has 0 aliphatic carbocycles. The molecule has 1 aromatic heterocycles. The molecule has 4 rings (SSSR count). The molecule has 1 unspecified atom stereocenters. The minimum Gasteiger partial charge on any atom is -0.491 e. The number of pyridine rings is 1. The summed E-state index contributed by atoms with van der Waals surface area (Å²) in [6.45, 7) is 2.99. The molecule has 2 aromatic carbocycles. The average molecular weight is 479 g/mol. The van der Waals surface area contributed by atoms with Gasteiger partial charge >= 0.3 is 11.9 Å². The van der Waals surface area contributed by atoms with Crippen molar-refractivity contribution in [2.75, 3.05) is 26.2 Å². The summed E-state index contributed by atoms with van der Waals surface area (Å²) in [6.07, 6.45) is 4.89. The number of aliphatic hydroxyl groups excluding tert-OH is 1. The molecule has 1 aliphatic heterocycles. The average Bonchev–Trinajstić information content (AvgIpc) is 2.87. The Balaban J connectivity index is 0.000000371. The molecule has 0 spiro atoms. The van der Waals surface area contributed by atoms with E-state index in [1.807, 2.05) is 42.6 Å². The summed E-state index contributed by atoms with van der Waals surface area (Å²) in [5, 5.41) is 27.1. The van der Waals surface area contributed by atoms with Crippen LogP contribution in [0.2, 0.25) is 0 Å². The molecule has 1 aliphatic rings. The third-order valence-electron chi connectivity index (χ3n) is 5.69. The van der Waals surface area contributed by atoms with Gasteiger partial charge in [0.25, 0.3) is 0 Å². The van der Waals surface area contributed by atoms with Crippen LogP contribution in [0.25, 0.3) is 10.9 Å². The lowest BCUT2D eigenvalue weighted by Crippen LogP contribution is -2.40. The maximum atomic E-state index is 10.3. The van der Waals surface area contributed by atoms with E-state index in [-0.39, 0.29) is 0 Å². The van der Waals surface area contributed by atoms with Gasteiger partial charge in [0.1, 0.15) is 18.5 Å². The maximum Gasteiger partial charge on any atom is 0.328 e. The lowest BCUT2D eigenvalue weighted by atomic mass is 9.89. The fourth-order valence-corrected chi connectivity index (χ4v) is 3.96. The number of rotatable bonds is 8. The minimum atomic E-state index is -1.26. The van der Waals surface area contributed by atoms with E-state index in [4.69, 9.17) is 14.9 Å². The lowest BCUT2D eigenvalue weighted by Gasteiger charge is -2.33. The van der Waals surface area contributed by atoms with Gasteiger partial charge in [0.2, 0.25) is 0 Å². The number of benzene rings is 2. The Morgan fingerprint density at radius 3 is 2.29 bits per heavy atom. The van der Waals surface area contributed by atoms with E-state index in [0.717, 1.165) is 37.2 Å². The van der Waals surface area contributed by atoms with E-state index >= 15 is 0 Å². The number of carbonyl (C=O) groups is 2. The van der Waals surface area contributed by atoms with Crippen LogP contribution in [0.15, 0.2) is 79.0 Å². The lowest BCUT2D eigenvalue weighted by molar-refractivity contribution is -0.134. The molecule has 1 atom stereocenters. The summed E-state index contributed by atoms with van der Waals surface area (Å²) in [4.78, 5) is 26.1. The first kappa shape index (κ1) is 25.9. The summed E-state index contributed by atoms with van der Waals surface area (Å²) < 4.78 is 5.66. The van der Waals surface area contributed by atoms with Crippen LogP contribution < -0.4 is 4.74 Å². The van der Waals surface area contributed by atoms with Gasteiger partial charge in [-0.05, 0) is 61.7 Å². The van der Waals surface area contributed by atoms with Crippen LogP contribution in [0.5, 0.6) is 5.75 Å². The van der Waals surface area contributed by atoms with Gasteiger partial charge in [0.05, 0.1) is 5.52 Å². The highest BCUT2D eigenvalue weighted by molar-refractivity contribution is 5.89. The molecule has 0 radical (unpaired) electrons. The normalized spacial score (nSPS) is 15.3. The Morgan fingerprint density at radius 2 is 1.63 bits per heavy atom. The predicted octanol–water partition coefficient (Wildman–Crippen LogP) is 3.57. The quantitative estimate of drug-likeness (QED) is 0.420. The van der Waals surface area contributed by atoms with Gasteiger partial charge in [-0.2, -0.15) is 0 Å². The molecule has 0 amide bonds. The molecule has 3 aromatic rings. The standard InChI is InChI=1S/C23H26N2O2.C4H4O4/c26-21(17-27-22-7-2-1-3-8-22)16-25-12-10-18(11-13-25)20-14-19-6-4-5-9-23(19)24-15-20;5-3(6)1-2-4(7)8/h1-9,14-15,18,21,26H,10-13,16-17H2;1-2H,(H,5,6)(H,7,8)/b;2-1-. The van der Waals surface area contributed by atoms with Crippen LogP contribution in [0.1, 0.15) is 24.3 Å². The number of ether oxygens (including phenoxy) is 1. The first-order valence-corrected chi connectivity index (χ1v) is 11.5. The van der Waals surface area contributed by atoms with Crippen LogP contribution in [-0.2, 0) is 9.59 Å². The second-order valence-electron chi connectivity index (χ2n) is 8.32. The van der Waals surface area contributed by atoms with Gasteiger partial charge in [0.15, 0.2) is 0 Å². The second kappa shape index (κ2) is 13.2. The molecule has 184 valence electrons. The molecule has 1 saturated heterocycles. The van der Waals surface area contributed by atoms with Gasteiger partial charge in [0, 0.05) is 30.3 Å². The molecule has 0 saturated carbocycles. The molecular formula is C27H30N2O6. The number of aliphatic hydroxyl groups is 1. The van der Waals surface area contributed by atoms with Gasteiger partial charge in [-0.15, -0.1) is 0 Å². The van der Waals surface area contributed by atoms with Crippen LogP contribution >= 0.6 is 0 Å². The number of fused-ring (bicyclic) bond motifs is 1. The number of hydrogen-bond donors (Lipinski definition) is 3. The summed E-state index contributed by atoms with van der Waals surface area (Å²) in [7, 11) is 0. The second-order valence-corrected chi connectivity index (χ2v) is 8.32. The van der Waals surface area contributed by atoms with Gasteiger partial charge in [-0.3, -0.25) is 4.98 Å². The van der Waals surface area contributed by atoms with Crippen molar-refractivity contribution < 1.29 is 29.6 Å². The van der Waals surface area contributed by atoms with E-state index in [0.29, 0.717) is 31.2 Å². The maximum absolute atomic E-state index is 10.3. The Morgan fingerprint density at radius 1 is 1.00 bits per heavy atom. The van der Waals surface area contributed by atoms with Crippen molar-refractivity contribution in [2.24, 2.45) is 0 Å². The van der Waals surface area contributed by atoms with Crippen LogP contribution in [-0.4, -0.2) is 69.5 Å². The van der Waals surface area contributed by atoms with E-state index < -0.39 is 18.0 Å². The molecule has 2 heterocycles. The van der Waals surface area contributed by atoms with E-state index in [2.05, 4.69) is 34.1 Å². The summed E-state index contributed by atoms with van der Waals surface area (Å²) in [5.74, 6) is -1.16.